The molecular weight excluding hydrogens is 452 g/mol. The van der Waals surface area contributed by atoms with E-state index in [1.54, 1.807) is 0 Å². The number of carboxylic acids is 1. The first-order chi connectivity index (χ1) is 16.8. The molecule has 0 bridgehead atoms. The number of aryl methyl sites for hydroxylation is 2. The van der Waals surface area contributed by atoms with Crippen LogP contribution in [0.25, 0.3) is 0 Å². The highest BCUT2D eigenvalue weighted by atomic mass is 19.3. The second-order valence-corrected chi connectivity index (χ2v) is 9.68. The molecule has 1 fully saturated rings. The molecule has 0 aliphatic carbocycles. The Hall–Kier alpha value is -2.58. The molecule has 0 radical (unpaired) electrons. The van der Waals surface area contributed by atoms with Gasteiger partial charge in [0.1, 0.15) is 11.9 Å². The van der Waals surface area contributed by atoms with Crippen molar-refractivity contribution in [3.63, 3.8) is 0 Å². The number of hydrogen-bond donors (Lipinski definition) is 2. The van der Waals surface area contributed by atoms with Crippen molar-refractivity contribution in [2.75, 3.05) is 31.6 Å². The topological polar surface area (TPSA) is 74.7 Å². The van der Waals surface area contributed by atoms with Gasteiger partial charge in [-0.1, -0.05) is 36.8 Å². The summed E-state index contributed by atoms with van der Waals surface area (Å²) >= 11 is 0. The quantitative estimate of drug-likeness (QED) is 0.426. The van der Waals surface area contributed by atoms with Crippen LogP contribution in [0, 0.1) is 0 Å². The number of fused-ring (bicyclic) bond motifs is 1. The van der Waals surface area contributed by atoms with Crippen LogP contribution >= 0.6 is 0 Å². The summed E-state index contributed by atoms with van der Waals surface area (Å²) in [6, 6.07) is 9.07. The Bertz CT molecular complexity index is 994. The lowest BCUT2D eigenvalue weighted by molar-refractivity contribution is -0.143. The third-order valence-electron chi connectivity index (χ3n) is 6.89. The van der Waals surface area contributed by atoms with Crippen molar-refractivity contribution < 1.29 is 23.4 Å². The van der Waals surface area contributed by atoms with Crippen molar-refractivity contribution in [1.82, 2.24) is 9.88 Å². The highest BCUT2D eigenvalue weighted by molar-refractivity contribution is 5.75. The van der Waals surface area contributed by atoms with Crippen LogP contribution in [0.1, 0.15) is 67.5 Å². The molecule has 1 saturated heterocycles. The molecule has 2 N–H and O–H groups in total. The molecule has 2 atom stereocenters. The van der Waals surface area contributed by atoms with E-state index in [2.05, 4.69) is 17.4 Å². The van der Waals surface area contributed by atoms with E-state index in [1.165, 1.54) is 29.8 Å². The van der Waals surface area contributed by atoms with Crippen LogP contribution in [-0.2, 0) is 28.3 Å². The molecule has 2 aliphatic heterocycles. The van der Waals surface area contributed by atoms with Gasteiger partial charge in [-0.25, -0.2) is 13.8 Å². The van der Waals surface area contributed by atoms with E-state index in [9.17, 15) is 18.7 Å². The van der Waals surface area contributed by atoms with E-state index in [1.807, 2.05) is 4.90 Å². The van der Waals surface area contributed by atoms with Crippen LogP contribution in [-0.4, -0.2) is 53.3 Å². The molecule has 4 rings (SSSR count). The highest BCUT2D eigenvalue weighted by Gasteiger charge is 2.34. The zero-order valence-corrected chi connectivity index (χ0v) is 20.3. The van der Waals surface area contributed by atoms with Crippen molar-refractivity contribution in [1.29, 1.82) is 0 Å². The van der Waals surface area contributed by atoms with Crippen molar-refractivity contribution in [3.8, 4) is 0 Å². The maximum Gasteiger partial charge on any atom is 0.325 e. The molecule has 8 heteroatoms. The zero-order chi connectivity index (χ0) is 24.8. The third kappa shape index (κ3) is 6.76. The van der Waals surface area contributed by atoms with Crippen molar-refractivity contribution >= 4 is 11.8 Å². The molecule has 1 aromatic heterocycles. The Morgan fingerprint density at radius 3 is 2.77 bits per heavy atom. The van der Waals surface area contributed by atoms with Gasteiger partial charge in [0, 0.05) is 44.4 Å². The van der Waals surface area contributed by atoms with E-state index in [0.717, 1.165) is 69.9 Å². The number of alkyl halides is 2. The monoisotopic (exact) mass is 487 g/mol. The van der Waals surface area contributed by atoms with Gasteiger partial charge in [0.25, 0.3) is 5.92 Å². The van der Waals surface area contributed by atoms with Gasteiger partial charge >= 0.3 is 5.97 Å². The van der Waals surface area contributed by atoms with Gasteiger partial charge in [0.15, 0.2) is 0 Å². The number of anilines is 1. The lowest BCUT2D eigenvalue weighted by Crippen LogP contribution is -2.33. The molecule has 0 spiro atoms. The average molecular weight is 488 g/mol. The minimum Gasteiger partial charge on any atom is -0.480 e. The summed E-state index contributed by atoms with van der Waals surface area (Å²) in [4.78, 5) is 18.6. The normalized spacial score (nSPS) is 19.2. The zero-order valence-electron chi connectivity index (χ0n) is 20.3. The van der Waals surface area contributed by atoms with Crippen molar-refractivity contribution in [2.24, 2.45) is 0 Å². The Kier molecular flexibility index (Phi) is 8.34. The number of rotatable bonds is 11. The number of nitrogens with zero attached hydrogens (tertiary/aromatic N) is 2. The summed E-state index contributed by atoms with van der Waals surface area (Å²) in [5.41, 5.74) is 2.83. The van der Waals surface area contributed by atoms with Crippen molar-refractivity contribution in [2.45, 2.75) is 69.9 Å². The van der Waals surface area contributed by atoms with E-state index >= 15 is 0 Å². The Labute approximate surface area is 205 Å². The van der Waals surface area contributed by atoms with Crippen LogP contribution in [0.4, 0.5) is 14.6 Å². The van der Waals surface area contributed by atoms with Gasteiger partial charge in [-0.05, 0) is 55.7 Å². The van der Waals surface area contributed by atoms with Gasteiger partial charge in [0.05, 0.1) is 6.10 Å². The molecule has 3 heterocycles. The van der Waals surface area contributed by atoms with Gasteiger partial charge in [-0.15, -0.1) is 0 Å². The predicted molar refractivity (Wildman–Crippen MR) is 131 cm³/mol. The van der Waals surface area contributed by atoms with Crippen LogP contribution < -0.4 is 5.32 Å². The fraction of sp³-hybridized carbons (Fsp3) is 0.556. The number of hydrogen-bond acceptors (Lipinski definition) is 5. The van der Waals surface area contributed by atoms with Gasteiger partial charge in [-0.2, -0.15) is 0 Å². The van der Waals surface area contributed by atoms with Crippen LogP contribution in [0.3, 0.4) is 0 Å². The molecule has 190 valence electrons. The number of pyridine rings is 1. The predicted octanol–water partition coefficient (Wildman–Crippen LogP) is 5.18. The van der Waals surface area contributed by atoms with Crippen molar-refractivity contribution in [3.05, 3.63) is 58.8 Å². The minimum absolute atomic E-state index is 0.00974. The molecule has 0 amide bonds. The maximum absolute atomic E-state index is 13.5. The molecule has 2 aliphatic rings. The molecule has 2 aromatic rings. The minimum atomic E-state index is -2.95. The van der Waals surface area contributed by atoms with E-state index in [0.29, 0.717) is 25.3 Å². The molecular formula is C27H35F2N3O3. The first-order valence-electron chi connectivity index (χ1n) is 12.6. The number of benzene rings is 1. The largest absolute Gasteiger partial charge is 0.480 e. The smallest absolute Gasteiger partial charge is 0.325 e. The lowest BCUT2D eigenvalue weighted by Gasteiger charge is -2.25. The van der Waals surface area contributed by atoms with Gasteiger partial charge in [0.2, 0.25) is 0 Å². The van der Waals surface area contributed by atoms with Gasteiger partial charge in [-0.3, -0.25) is 9.69 Å². The summed E-state index contributed by atoms with van der Waals surface area (Å²) in [7, 11) is 0. The molecule has 0 unspecified atom stereocenters. The fourth-order valence-corrected chi connectivity index (χ4v) is 4.94. The van der Waals surface area contributed by atoms with E-state index in [4.69, 9.17) is 9.72 Å². The van der Waals surface area contributed by atoms with E-state index < -0.39 is 17.9 Å². The Morgan fingerprint density at radius 1 is 1.23 bits per heavy atom. The van der Waals surface area contributed by atoms with Crippen LogP contribution in [0.5, 0.6) is 0 Å². The number of carbonyl (C=O) groups is 1. The second-order valence-electron chi connectivity index (χ2n) is 9.68. The van der Waals surface area contributed by atoms with Crippen LogP contribution in [0.2, 0.25) is 0 Å². The SMILES string of the molecule is CC(F)(F)c1ccc([C@@H](C(=O)O)N2CC[C@@H](OCCCCCc3ccc4c(n3)NCCC4)C2)cc1. The third-order valence-corrected chi connectivity index (χ3v) is 6.89. The Morgan fingerprint density at radius 2 is 2.03 bits per heavy atom. The lowest BCUT2D eigenvalue weighted by atomic mass is 10.0. The van der Waals surface area contributed by atoms with E-state index in [-0.39, 0.29) is 11.7 Å². The fourth-order valence-electron chi connectivity index (χ4n) is 4.94. The number of ether oxygens (including phenoxy) is 1. The summed E-state index contributed by atoms with van der Waals surface area (Å²) in [6.45, 7) is 3.61. The standard InChI is InChI=1S/C27H35F2N3O3/c1-27(28,29)21-11-8-19(9-12-21)24(26(33)34)32-16-14-23(18-32)35-17-4-2-3-7-22-13-10-20-6-5-15-30-25(20)31-22/h8-13,23-24H,2-7,14-18H2,1H3,(H,30,31)(H,33,34)/t23-,24+/m1/s1. The number of likely N-dealkylation sites (tertiary alicyclic amines) is 1. The number of unbranched alkanes of at least 4 members (excludes halogenated alkanes) is 2. The van der Waals surface area contributed by atoms with Crippen LogP contribution in [0.15, 0.2) is 36.4 Å². The maximum atomic E-state index is 13.5. The number of nitrogens with one attached hydrogen (secondary N) is 1. The Balaban J connectivity index is 1.18. The molecule has 6 nitrogen and oxygen atoms in total. The first kappa shape index (κ1) is 25.5. The summed E-state index contributed by atoms with van der Waals surface area (Å²) in [6.07, 6.45) is 7.03. The average Bonchev–Trinajstić information content (AvgIpc) is 3.29. The number of aromatic nitrogens is 1. The van der Waals surface area contributed by atoms with Gasteiger partial charge < -0.3 is 15.2 Å². The summed E-state index contributed by atoms with van der Waals surface area (Å²) in [5, 5.41) is 13.2. The summed E-state index contributed by atoms with van der Waals surface area (Å²) in [5.74, 6) is -2.88. The molecule has 0 saturated carbocycles. The summed E-state index contributed by atoms with van der Waals surface area (Å²) < 4.78 is 33.0. The number of carboxylic acid groups (broad SMARTS) is 1. The number of halogens is 2. The first-order valence-corrected chi connectivity index (χ1v) is 12.6. The molecule has 1 aromatic carbocycles. The highest BCUT2D eigenvalue weighted by Crippen LogP contribution is 2.31. The molecule has 35 heavy (non-hydrogen) atoms. The number of aliphatic carboxylic acids is 1. The second kappa shape index (κ2) is 11.4.